The van der Waals surface area contributed by atoms with Gasteiger partial charge in [0.25, 0.3) is 5.56 Å². The third kappa shape index (κ3) is 4.43. The van der Waals surface area contributed by atoms with Gasteiger partial charge >= 0.3 is 0 Å². The first-order chi connectivity index (χ1) is 14.5. The zero-order valence-corrected chi connectivity index (χ0v) is 16.9. The number of carbonyl (C=O) groups excluding carboxylic acids is 2. The Labute approximate surface area is 172 Å². The van der Waals surface area contributed by atoms with Crippen LogP contribution in [0.3, 0.4) is 0 Å². The van der Waals surface area contributed by atoms with Crippen LogP contribution in [0.15, 0.2) is 47.4 Å². The molecule has 0 aliphatic heterocycles. The average molecular weight is 410 g/mol. The molecule has 0 aliphatic rings. The van der Waals surface area contributed by atoms with Crippen LogP contribution in [0.4, 0.5) is 5.69 Å². The minimum atomic E-state index is -0.306. The summed E-state index contributed by atoms with van der Waals surface area (Å²) in [5.74, 6) is 0.602. The van der Waals surface area contributed by atoms with E-state index in [2.05, 4.69) is 10.3 Å². The monoisotopic (exact) mass is 410 g/mol. The van der Waals surface area contributed by atoms with Gasteiger partial charge in [-0.2, -0.15) is 0 Å². The molecule has 8 nitrogen and oxygen atoms in total. The van der Waals surface area contributed by atoms with Gasteiger partial charge in [-0.3, -0.25) is 14.4 Å². The molecule has 0 spiro atoms. The van der Waals surface area contributed by atoms with Gasteiger partial charge < -0.3 is 24.5 Å². The number of anilines is 1. The van der Waals surface area contributed by atoms with E-state index in [4.69, 9.17) is 14.2 Å². The Morgan fingerprint density at radius 3 is 2.27 bits per heavy atom. The van der Waals surface area contributed by atoms with Gasteiger partial charge in [0, 0.05) is 35.7 Å². The first-order valence-corrected chi connectivity index (χ1v) is 9.21. The first kappa shape index (κ1) is 20.9. The van der Waals surface area contributed by atoms with Gasteiger partial charge in [-0.05, 0) is 41.8 Å². The molecule has 0 unspecified atom stereocenters. The maximum atomic E-state index is 12.6. The number of hydrogen-bond donors (Lipinski definition) is 2. The Morgan fingerprint density at radius 2 is 1.63 bits per heavy atom. The molecule has 3 rings (SSSR count). The molecule has 0 fully saturated rings. The lowest BCUT2D eigenvalue weighted by atomic mass is 10.0. The molecule has 30 heavy (non-hydrogen) atoms. The molecule has 1 amide bonds. The number of Topliss-reactive ketones (excluding diaryl/α,β-unsaturated/α-hetero) is 1. The molecule has 8 heteroatoms. The number of ether oxygens (including phenoxy) is 3. The second-order valence-corrected chi connectivity index (χ2v) is 6.49. The van der Waals surface area contributed by atoms with Crippen molar-refractivity contribution in [3.05, 3.63) is 58.5 Å². The maximum Gasteiger partial charge on any atom is 0.255 e. The standard InChI is InChI=1S/C22H22N2O6/c1-28-18-11-14(12-19(29-2)21(18)30-3)17(25)6-7-20(26)24-15-4-5-16-13(10-15)8-9-23-22(16)27/h4-5,8-12H,6-7H2,1-3H3,(H,23,27)(H,24,26). The minimum absolute atomic E-state index is 0.00288. The molecular formula is C22H22N2O6. The van der Waals surface area contributed by atoms with Crippen molar-refractivity contribution in [3.8, 4) is 17.2 Å². The minimum Gasteiger partial charge on any atom is -0.493 e. The summed E-state index contributed by atoms with van der Waals surface area (Å²) in [7, 11) is 4.42. The van der Waals surface area contributed by atoms with E-state index < -0.39 is 0 Å². The molecule has 2 N–H and O–H groups in total. The number of benzene rings is 2. The third-order valence-electron chi connectivity index (χ3n) is 4.62. The topological polar surface area (TPSA) is 107 Å². The van der Waals surface area contributed by atoms with Crippen LogP contribution < -0.4 is 25.1 Å². The van der Waals surface area contributed by atoms with E-state index in [0.29, 0.717) is 39.3 Å². The summed E-state index contributed by atoms with van der Waals surface area (Å²) >= 11 is 0. The quantitative estimate of drug-likeness (QED) is 0.553. The number of aromatic amines is 1. The zero-order chi connectivity index (χ0) is 21.7. The van der Waals surface area contributed by atoms with Crippen molar-refractivity contribution in [2.75, 3.05) is 26.6 Å². The number of nitrogens with one attached hydrogen (secondary N) is 2. The maximum absolute atomic E-state index is 12.6. The third-order valence-corrected chi connectivity index (χ3v) is 4.62. The van der Waals surface area contributed by atoms with Crippen molar-refractivity contribution in [3.63, 3.8) is 0 Å². The van der Waals surface area contributed by atoms with Gasteiger partial charge in [0.2, 0.25) is 11.7 Å². The van der Waals surface area contributed by atoms with Gasteiger partial charge in [-0.25, -0.2) is 0 Å². The van der Waals surface area contributed by atoms with E-state index >= 15 is 0 Å². The van der Waals surface area contributed by atoms with Crippen LogP contribution in [-0.2, 0) is 4.79 Å². The molecule has 3 aromatic rings. The van der Waals surface area contributed by atoms with E-state index in [0.717, 1.165) is 0 Å². The fraction of sp³-hybridized carbons (Fsp3) is 0.227. The molecule has 0 atom stereocenters. The Balaban J connectivity index is 1.67. The molecule has 2 aromatic carbocycles. The Hall–Kier alpha value is -3.81. The highest BCUT2D eigenvalue weighted by Gasteiger charge is 2.17. The number of hydrogen-bond acceptors (Lipinski definition) is 6. The normalized spacial score (nSPS) is 10.5. The van der Waals surface area contributed by atoms with Gasteiger partial charge in [-0.1, -0.05) is 0 Å². The van der Waals surface area contributed by atoms with Crippen molar-refractivity contribution >= 4 is 28.2 Å². The van der Waals surface area contributed by atoms with Crippen LogP contribution >= 0.6 is 0 Å². The smallest absolute Gasteiger partial charge is 0.255 e. The fourth-order valence-electron chi connectivity index (χ4n) is 3.11. The highest BCUT2D eigenvalue weighted by atomic mass is 16.5. The summed E-state index contributed by atoms with van der Waals surface area (Å²) in [4.78, 5) is 39.2. The van der Waals surface area contributed by atoms with Crippen molar-refractivity contribution in [2.24, 2.45) is 0 Å². The number of pyridine rings is 1. The zero-order valence-electron chi connectivity index (χ0n) is 16.9. The summed E-state index contributed by atoms with van der Waals surface area (Å²) < 4.78 is 15.8. The summed E-state index contributed by atoms with van der Waals surface area (Å²) in [5.41, 5.74) is 0.724. The van der Waals surface area contributed by atoms with Gasteiger partial charge in [0.1, 0.15) is 0 Å². The molecule has 0 radical (unpaired) electrons. The SMILES string of the molecule is COc1cc(C(=O)CCC(=O)Nc2ccc3c(=O)[nH]ccc3c2)cc(OC)c1OC. The second kappa shape index (κ2) is 9.13. The van der Waals surface area contributed by atoms with E-state index in [1.165, 1.54) is 21.3 Å². The van der Waals surface area contributed by atoms with Crippen molar-refractivity contribution in [1.82, 2.24) is 4.98 Å². The van der Waals surface area contributed by atoms with Crippen LogP contribution in [0.2, 0.25) is 0 Å². The Bertz CT molecular complexity index is 1130. The van der Waals surface area contributed by atoms with Crippen LogP contribution in [0.5, 0.6) is 17.2 Å². The lowest BCUT2D eigenvalue weighted by Crippen LogP contribution is -2.14. The van der Waals surface area contributed by atoms with Gasteiger partial charge in [0.05, 0.1) is 21.3 Å². The lowest BCUT2D eigenvalue weighted by molar-refractivity contribution is -0.116. The fourth-order valence-corrected chi connectivity index (χ4v) is 3.11. The van der Waals surface area contributed by atoms with Crippen LogP contribution in [0.25, 0.3) is 10.8 Å². The second-order valence-electron chi connectivity index (χ2n) is 6.49. The molecular weight excluding hydrogens is 388 g/mol. The Kier molecular flexibility index (Phi) is 6.36. The molecule has 1 aromatic heterocycles. The number of fused-ring (bicyclic) bond motifs is 1. The van der Waals surface area contributed by atoms with Crippen LogP contribution in [0.1, 0.15) is 23.2 Å². The number of rotatable bonds is 8. The largest absolute Gasteiger partial charge is 0.493 e. The molecule has 0 aliphatic carbocycles. The highest BCUT2D eigenvalue weighted by Crippen LogP contribution is 2.38. The summed E-state index contributed by atoms with van der Waals surface area (Å²) in [6.07, 6.45) is 1.56. The van der Waals surface area contributed by atoms with Crippen molar-refractivity contribution in [1.29, 1.82) is 0 Å². The van der Waals surface area contributed by atoms with E-state index in [1.54, 1.807) is 42.6 Å². The Morgan fingerprint density at radius 1 is 0.933 bits per heavy atom. The highest BCUT2D eigenvalue weighted by molar-refractivity contribution is 6.01. The predicted octanol–water partition coefficient (Wildman–Crippen LogP) is 3.16. The number of methoxy groups -OCH3 is 3. The predicted molar refractivity (Wildman–Crippen MR) is 113 cm³/mol. The molecule has 156 valence electrons. The average Bonchev–Trinajstić information content (AvgIpc) is 2.76. The summed E-state index contributed by atoms with van der Waals surface area (Å²) in [6.45, 7) is 0. The molecule has 0 saturated carbocycles. The summed E-state index contributed by atoms with van der Waals surface area (Å²) in [6, 6.07) is 9.87. The number of amides is 1. The number of ketones is 1. The van der Waals surface area contributed by atoms with Crippen molar-refractivity contribution < 1.29 is 23.8 Å². The number of carbonyl (C=O) groups is 2. The van der Waals surface area contributed by atoms with E-state index in [-0.39, 0.29) is 30.1 Å². The van der Waals surface area contributed by atoms with Gasteiger partial charge in [-0.15, -0.1) is 0 Å². The van der Waals surface area contributed by atoms with E-state index in [9.17, 15) is 14.4 Å². The molecule has 0 bridgehead atoms. The van der Waals surface area contributed by atoms with Crippen LogP contribution in [-0.4, -0.2) is 38.0 Å². The summed E-state index contributed by atoms with van der Waals surface area (Å²) in [5, 5.41) is 4.00. The van der Waals surface area contributed by atoms with E-state index in [1.807, 2.05) is 0 Å². The van der Waals surface area contributed by atoms with Crippen LogP contribution in [0, 0.1) is 0 Å². The molecule has 0 saturated heterocycles. The lowest BCUT2D eigenvalue weighted by Gasteiger charge is -2.13. The molecule has 1 heterocycles. The van der Waals surface area contributed by atoms with Gasteiger partial charge in [0.15, 0.2) is 17.3 Å². The number of aromatic nitrogens is 1. The number of H-pyrrole nitrogens is 1. The van der Waals surface area contributed by atoms with Crippen molar-refractivity contribution in [2.45, 2.75) is 12.8 Å². The first-order valence-electron chi connectivity index (χ1n) is 9.21.